The fraction of sp³-hybridized carbons (Fsp3) is 0.176. The lowest BCUT2D eigenvalue weighted by Gasteiger charge is -2.06. The van der Waals surface area contributed by atoms with Gasteiger partial charge in [0.1, 0.15) is 11.4 Å². The molecule has 122 valence electrons. The Bertz CT molecular complexity index is 847. The second kappa shape index (κ2) is 7.23. The van der Waals surface area contributed by atoms with Crippen molar-refractivity contribution in [3.63, 3.8) is 0 Å². The molecule has 6 nitrogen and oxygen atoms in total. The molecular weight excluding hydrogens is 326 g/mol. The van der Waals surface area contributed by atoms with Crippen LogP contribution in [-0.4, -0.2) is 25.7 Å². The van der Waals surface area contributed by atoms with Crippen molar-refractivity contribution in [2.24, 2.45) is 7.05 Å². The van der Waals surface area contributed by atoms with Crippen LogP contribution in [0.5, 0.6) is 0 Å². The summed E-state index contributed by atoms with van der Waals surface area (Å²) >= 11 is 6.07. The quantitative estimate of drug-likeness (QED) is 0.773. The van der Waals surface area contributed by atoms with Crippen molar-refractivity contribution in [3.05, 3.63) is 65.2 Å². The Morgan fingerprint density at radius 2 is 2.08 bits per heavy atom. The van der Waals surface area contributed by atoms with Crippen LogP contribution in [0.4, 0.5) is 0 Å². The van der Waals surface area contributed by atoms with Gasteiger partial charge in [-0.15, -0.1) is 0 Å². The van der Waals surface area contributed by atoms with E-state index in [1.165, 1.54) is 0 Å². The van der Waals surface area contributed by atoms with Gasteiger partial charge in [-0.25, -0.2) is 0 Å². The smallest absolute Gasteiger partial charge is 0.224 e. The van der Waals surface area contributed by atoms with Gasteiger partial charge in [0, 0.05) is 24.5 Å². The van der Waals surface area contributed by atoms with Crippen LogP contribution in [0.3, 0.4) is 0 Å². The van der Waals surface area contributed by atoms with Gasteiger partial charge in [-0.1, -0.05) is 29.8 Å². The highest BCUT2D eigenvalue weighted by Gasteiger charge is 2.11. The Morgan fingerprint density at radius 1 is 1.25 bits per heavy atom. The first kappa shape index (κ1) is 16.1. The van der Waals surface area contributed by atoms with E-state index in [2.05, 4.69) is 20.4 Å². The summed E-state index contributed by atoms with van der Waals surface area (Å²) in [6.07, 6.45) is 5.13. The van der Waals surface area contributed by atoms with Crippen LogP contribution in [0.2, 0.25) is 5.02 Å². The minimum Gasteiger partial charge on any atom is -0.350 e. The number of carbonyl (C=O) groups is 1. The first-order chi connectivity index (χ1) is 11.6. The third-order valence-corrected chi connectivity index (χ3v) is 3.95. The summed E-state index contributed by atoms with van der Waals surface area (Å²) in [5, 5.41) is 7.88. The van der Waals surface area contributed by atoms with Gasteiger partial charge in [-0.2, -0.15) is 5.10 Å². The molecule has 0 spiro atoms. The second-order valence-electron chi connectivity index (χ2n) is 5.28. The molecule has 0 aliphatic carbocycles. The number of nitrogens with zero attached hydrogens (tertiary/aromatic N) is 4. The highest BCUT2D eigenvalue weighted by atomic mass is 35.5. The first-order valence-electron chi connectivity index (χ1n) is 7.43. The average Bonchev–Trinajstić information content (AvgIpc) is 2.97. The van der Waals surface area contributed by atoms with Crippen molar-refractivity contribution in [1.82, 2.24) is 25.1 Å². The van der Waals surface area contributed by atoms with Gasteiger partial charge in [0.05, 0.1) is 24.9 Å². The summed E-state index contributed by atoms with van der Waals surface area (Å²) < 4.78 is 1.72. The zero-order valence-electron chi connectivity index (χ0n) is 13.1. The number of hydrogen-bond donors (Lipinski definition) is 1. The van der Waals surface area contributed by atoms with E-state index < -0.39 is 0 Å². The van der Waals surface area contributed by atoms with Gasteiger partial charge >= 0.3 is 0 Å². The van der Waals surface area contributed by atoms with E-state index in [1.54, 1.807) is 29.3 Å². The van der Waals surface area contributed by atoms with Crippen molar-refractivity contribution < 1.29 is 4.79 Å². The molecule has 0 radical (unpaired) electrons. The van der Waals surface area contributed by atoms with Gasteiger partial charge in [-0.05, 0) is 17.7 Å². The highest BCUT2D eigenvalue weighted by Crippen LogP contribution is 2.16. The third-order valence-electron chi connectivity index (χ3n) is 3.58. The van der Waals surface area contributed by atoms with Crippen LogP contribution >= 0.6 is 11.6 Å². The maximum absolute atomic E-state index is 12.1. The van der Waals surface area contributed by atoms with Crippen LogP contribution < -0.4 is 5.32 Å². The van der Waals surface area contributed by atoms with Crippen LogP contribution in [0.25, 0.3) is 11.4 Å². The second-order valence-corrected chi connectivity index (χ2v) is 5.69. The lowest BCUT2D eigenvalue weighted by molar-refractivity contribution is -0.120. The molecule has 0 bridgehead atoms. The molecule has 0 saturated carbocycles. The molecule has 0 aliphatic heterocycles. The molecule has 2 aromatic heterocycles. The van der Waals surface area contributed by atoms with Crippen LogP contribution in [0.15, 0.2) is 48.9 Å². The number of amides is 1. The van der Waals surface area contributed by atoms with E-state index in [0.29, 0.717) is 17.3 Å². The number of aryl methyl sites for hydroxylation is 1. The standard InChI is InChI=1S/C17H16ClN5O/c1-23-13(9-15(22-23)16-11-19-6-7-20-16)10-21-17(24)8-12-4-2-3-5-14(12)18/h2-7,9,11H,8,10H2,1H3,(H,21,24). The number of carbonyl (C=O) groups excluding carboxylic acids is 1. The molecule has 0 unspecified atom stereocenters. The summed E-state index contributed by atoms with van der Waals surface area (Å²) in [6.45, 7) is 0.382. The number of benzene rings is 1. The minimum atomic E-state index is -0.0923. The normalized spacial score (nSPS) is 10.6. The molecule has 0 saturated heterocycles. The predicted octanol–water partition coefficient (Wildman–Crippen LogP) is 2.39. The lowest BCUT2D eigenvalue weighted by Crippen LogP contribution is -2.25. The fourth-order valence-corrected chi connectivity index (χ4v) is 2.50. The van der Waals surface area contributed by atoms with Crippen molar-refractivity contribution >= 4 is 17.5 Å². The maximum Gasteiger partial charge on any atom is 0.224 e. The highest BCUT2D eigenvalue weighted by molar-refractivity contribution is 6.31. The van der Waals surface area contributed by atoms with Gasteiger partial charge in [-0.3, -0.25) is 19.4 Å². The summed E-state index contributed by atoms with van der Waals surface area (Å²) in [5.74, 6) is -0.0923. The Balaban J connectivity index is 1.64. The third kappa shape index (κ3) is 3.78. The summed E-state index contributed by atoms with van der Waals surface area (Å²) in [6, 6.07) is 9.21. The number of rotatable bonds is 5. The molecule has 24 heavy (non-hydrogen) atoms. The van der Waals surface area contributed by atoms with Crippen molar-refractivity contribution in [1.29, 1.82) is 0 Å². The maximum atomic E-state index is 12.1. The molecule has 1 amide bonds. The Hall–Kier alpha value is -2.73. The van der Waals surface area contributed by atoms with Gasteiger partial charge in [0.25, 0.3) is 0 Å². The molecule has 7 heteroatoms. The molecule has 1 N–H and O–H groups in total. The van der Waals surface area contributed by atoms with Gasteiger partial charge in [0.15, 0.2) is 0 Å². The molecule has 0 aliphatic rings. The number of hydrogen-bond acceptors (Lipinski definition) is 4. The predicted molar refractivity (Wildman–Crippen MR) is 91.2 cm³/mol. The fourth-order valence-electron chi connectivity index (χ4n) is 2.29. The SMILES string of the molecule is Cn1nc(-c2cnccn2)cc1CNC(=O)Cc1ccccc1Cl. The van der Waals surface area contributed by atoms with E-state index in [-0.39, 0.29) is 12.3 Å². The molecule has 0 atom stereocenters. The molecule has 1 aromatic carbocycles. The summed E-state index contributed by atoms with van der Waals surface area (Å²) in [4.78, 5) is 20.4. The van der Waals surface area contributed by atoms with E-state index in [1.807, 2.05) is 31.3 Å². The van der Waals surface area contributed by atoms with E-state index >= 15 is 0 Å². The minimum absolute atomic E-state index is 0.0923. The number of aromatic nitrogens is 4. The number of halogens is 1. The monoisotopic (exact) mass is 341 g/mol. The Labute approximate surface area is 144 Å². The van der Waals surface area contributed by atoms with Crippen molar-refractivity contribution in [2.75, 3.05) is 0 Å². The molecule has 3 rings (SSSR count). The average molecular weight is 342 g/mol. The molecule has 2 heterocycles. The molecular formula is C17H16ClN5O. The largest absolute Gasteiger partial charge is 0.350 e. The zero-order valence-corrected chi connectivity index (χ0v) is 13.9. The molecule has 3 aromatic rings. The Morgan fingerprint density at radius 3 is 2.83 bits per heavy atom. The van der Waals surface area contributed by atoms with E-state index in [4.69, 9.17) is 11.6 Å². The van der Waals surface area contributed by atoms with Crippen LogP contribution in [0.1, 0.15) is 11.3 Å². The van der Waals surface area contributed by atoms with Crippen molar-refractivity contribution in [2.45, 2.75) is 13.0 Å². The number of nitrogens with one attached hydrogen (secondary N) is 1. The van der Waals surface area contributed by atoms with Crippen molar-refractivity contribution in [3.8, 4) is 11.4 Å². The first-order valence-corrected chi connectivity index (χ1v) is 7.80. The zero-order chi connectivity index (χ0) is 16.9. The summed E-state index contributed by atoms with van der Waals surface area (Å²) in [7, 11) is 1.83. The van der Waals surface area contributed by atoms with Gasteiger partial charge < -0.3 is 5.32 Å². The Kier molecular flexibility index (Phi) is 4.86. The van der Waals surface area contributed by atoms with Crippen LogP contribution in [0, 0.1) is 0 Å². The van der Waals surface area contributed by atoms with Gasteiger partial charge in [0.2, 0.25) is 5.91 Å². The van der Waals surface area contributed by atoms with Crippen LogP contribution in [-0.2, 0) is 24.8 Å². The topological polar surface area (TPSA) is 72.7 Å². The van der Waals surface area contributed by atoms with E-state index in [9.17, 15) is 4.79 Å². The van der Waals surface area contributed by atoms with E-state index in [0.717, 1.165) is 17.0 Å². The molecule has 0 fully saturated rings. The lowest BCUT2D eigenvalue weighted by atomic mass is 10.1. The summed E-state index contributed by atoms with van der Waals surface area (Å²) in [5.41, 5.74) is 3.10.